The van der Waals surface area contributed by atoms with Crippen molar-refractivity contribution in [2.75, 3.05) is 0 Å². The number of imidazole rings is 1. The molecule has 2 aromatic heterocycles. The van der Waals surface area contributed by atoms with Crippen molar-refractivity contribution in [2.45, 2.75) is 26.4 Å². The first-order valence-electron chi connectivity index (χ1n) is 8.28. The van der Waals surface area contributed by atoms with Crippen LogP contribution in [0.25, 0.3) is 5.82 Å². The van der Waals surface area contributed by atoms with Crippen molar-refractivity contribution in [1.29, 1.82) is 0 Å². The number of nitrogens with zero attached hydrogens (tertiary/aromatic N) is 3. The van der Waals surface area contributed by atoms with Crippen molar-refractivity contribution in [1.82, 2.24) is 25.2 Å². The second-order valence-corrected chi connectivity index (χ2v) is 5.97. The Morgan fingerprint density at radius 3 is 2.77 bits per heavy atom. The smallest absolute Gasteiger partial charge is 0.315 e. The third-order valence-electron chi connectivity index (χ3n) is 4.03. The fourth-order valence-electron chi connectivity index (χ4n) is 2.57. The number of rotatable bonds is 5. The van der Waals surface area contributed by atoms with Crippen molar-refractivity contribution in [3.63, 3.8) is 0 Å². The maximum Gasteiger partial charge on any atom is 0.315 e. The lowest BCUT2D eigenvalue weighted by molar-refractivity contribution is 0.237. The number of urea groups is 1. The highest BCUT2D eigenvalue weighted by Gasteiger charge is 2.10. The average molecular weight is 353 g/mol. The molecule has 1 aromatic carbocycles. The van der Waals surface area contributed by atoms with Gasteiger partial charge in [-0.15, -0.1) is 0 Å². The van der Waals surface area contributed by atoms with Crippen LogP contribution >= 0.6 is 0 Å². The molecule has 3 rings (SSSR count). The number of aromatic nitrogens is 3. The Morgan fingerprint density at radius 1 is 1.27 bits per heavy atom. The Bertz CT molecular complexity index is 891. The molecule has 1 atom stereocenters. The monoisotopic (exact) mass is 353 g/mol. The van der Waals surface area contributed by atoms with Crippen molar-refractivity contribution in [2.24, 2.45) is 0 Å². The van der Waals surface area contributed by atoms with Gasteiger partial charge in [-0.2, -0.15) is 0 Å². The number of carbonyl (C=O) groups excluding carboxylic acids is 1. The molecule has 0 saturated heterocycles. The van der Waals surface area contributed by atoms with Gasteiger partial charge >= 0.3 is 6.03 Å². The Labute approximate surface area is 151 Å². The van der Waals surface area contributed by atoms with E-state index in [-0.39, 0.29) is 17.9 Å². The minimum Gasteiger partial charge on any atom is -0.334 e. The highest BCUT2D eigenvalue weighted by Crippen LogP contribution is 2.13. The number of amides is 2. The van der Waals surface area contributed by atoms with E-state index in [0.717, 1.165) is 17.2 Å². The molecule has 134 valence electrons. The number of nitrogens with one attached hydrogen (secondary N) is 2. The molecule has 0 radical (unpaired) electrons. The molecule has 2 heterocycles. The van der Waals surface area contributed by atoms with Gasteiger partial charge in [-0.25, -0.2) is 19.2 Å². The first kappa shape index (κ1) is 17.6. The number of pyridine rings is 1. The predicted molar refractivity (Wildman–Crippen MR) is 96.3 cm³/mol. The second-order valence-electron chi connectivity index (χ2n) is 5.97. The zero-order chi connectivity index (χ0) is 18.5. The SMILES string of the molecule is Cc1nccn1-c1ccc(CNC(=O)NC(C)c2cccc(F)c2)cn1. The number of carbonyl (C=O) groups is 1. The molecule has 26 heavy (non-hydrogen) atoms. The van der Waals surface area contributed by atoms with Crippen molar-refractivity contribution >= 4 is 6.03 Å². The summed E-state index contributed by atoms with van der Waals surface area (Å²) in [5, 5.41) is 5.56. The molecule has 2 N–H and O–H groups in total. The third kappa shape index (κ3) is 4.24. The topological polar surface area (TPSA) is 71.8 Å². The van der Waals surface area contributed by atoms with Crippen LogP contribution in [0.15, 0.2) is 55.0 Å². The highest BCUT2D eigenvalue weighted by atomic mass is 19.1. The molecule has 7 heteroatoms. The summed E-state index contributed by atoms with van der Waals surface area (Å²) in [6, 6.07) is 9.33. The predicted octanol–water partition coefficient (Wildman–Crippen LogP) is 3.28. The van der Waals surface area contributed by atoms with E-state index in [2.05, 4.69) is 20.6 Å². The fourth-order valence-corrected chi connectivity index (χ4v) is 2.57. The maximum atomic E-state index is 13.3. The largest absolute Gasteiger partial charge is 0.334 e. The lowest BCUT2D eigenvalue weighted by Crippen LogP contribution is -2.36. The molecule has 6 nitrogen and oxygen atoms in total. The van der Waals surface area contributed by atoms with Gasteiger partial charge in [0.25, 0.3) is 0 Å². The van der Waals surface area contributed by atoms with E-state index < -0.39 is 0 Å². The number of hydrogen-bond acceptors (Lipinski definition) is 3. The average Bonchev–Trinajstić information content (AvgIpc) is 3.06. The van der Waals surface area contributed by atoms with Crippen LogP contribution in [0.3, 0.4) is 0 Å². The first-order valence-corrected chi connectivity index (χ1v) is 8.28. The summed E-state index contributed by atoms with van der Waals surface area (Å²) in [5.41, 5.74) is 1.59. The Kier molecular flexibility index (Phi) is 5.26. The van der Waals surface area contributed by atoms with Gasteiger partial charge < -0.3 is 10.6 Å². The van der Waals surface area contributed by atoms with Crippen molar-refractivity contribution in [3.05, 3.63) is 77.8 Å². The van der Waals surface area contributed by atoms with Crippen LogP contribution < -0.4 is 10.6 Å². The van der Waals surface area contributed by atoms with Gasteiger partial charge in [-0.05, 0) is 43.2 Å². The van der Waals surface area contributed by atoms with Gasteiger partial charge in [-0.1, -0.05) is 18.2 Å². The maximum absolute atomic E-state index is 13.3. The zero-order valence-electron chi connectivity index (χ0n) is 14.6. The van der Waals surface area contributed by atoms with Crippen LogP contribution in [0, 0.1) is 12.7 Å². The van der Waals surface area contributed by atoms with Gasteiger partial charge in [0.15, 0.2) is 0 Å². The van der Waals surface area contributed by atoms with Crippen LogP contribution in [0.5, 0.6) is 0 Å². The van der Waals surface area contributed by atoms with Gasteiger partial charge in [-0.3, -0.25) is 4.57 Å². The second kappa shape index (κ2) is 7.77. The Balaban J connectivity index is 1.54. The summed E-state index contributed by atoms with van der Waals surface area (Å²) >= 11 is 0. The van der Waals surface area contributed by atoms with E-state index in [9.17, 15) is 9.18 Å². The summed E-state index contributed by atoms with van der Waals surface area (Å²) in [4.78, 5) is 20.6. The van der Waals surface area contributed by atoms with Gasteiger partial charge in [0.05, 0.1) is 6.04 Å². The lowest BCUT2D eigenvalue weighted by Gasteiger charge is -2.15. The van der Waals surface area contributed by atoms with Gasteiger partial charge in [0.1, 0.15) is 17.5 Å². The number of halogens is 1. The van der Waals surface area contributed by atoms with E-state index in [1.54, 1.807) is 31.5 Å². The molecular formula is C19H20FN5O. The number of hydrogen-bond donors (Lipinski definition) is 2. The first-order chi connectivity index (χ1) is 12.5. The van der Waals surface area contributed by atoms with Crippen LogP contribution in [0.1, 0.15) is 29.9 Å². The minimum absolute atomic E-state index is 0.296. The normalized spacial score (nSPS) is 11.8. The molecule has 0 spiro atoms. The Morgan fingerprint density at radius 2 is 2.12 bits per heavy atom. The van der Waals surface area contributed by atoms with Crippen LogP contribution in [0.4, 0.5) is 9.18 Å². The Hall–Kier alpha value is -3.22. The molecule has 0 aliphatic carbocycles. The molecule has 0 aliphatic heterocycles. The third-order valence-corrected chi connectivity index (χ3v) is 4.03. The molecule has 0 saturated carbocycles. The molecule has 0 aliphatic rings. The molecule has 2 amide bonds. The van der Waals surface area contributed by atoms with Crippen LogP contribution in [0.2, 0.25) is 0 Å². The summed E-state index contributed by atoms with van der Waals surface area (Å²) in [6.07, 6.45) is 5.28. The van der Waals surface area contributed by atoms with E-state index >= 15 is 0 Å². The summed E-state index contributed by atoms with van der Waals surface area (Å²) < 4.78 is 15.1. The molecule has 0 bridgehead atoms. The quantitative estimate of drug-likeness (QED) is 0.739. The molecular weight excluding hydrogens is 333 g/mol. The van der Waals surface area contributed by atoms with Crippen LogP contribution in [-0.2, 0) is 6.54 Å². The highest BCUT2D eigenvalue weighted by molar-refractivity contribution is 5.74. The van der Waals surface area contributed by atoms with Gasteiger partial charge in [0.2, 0.25) is 0 Å². The van der Waals surface area contributed by atoms with E-state index in [0.29, 0.717) is 12.1 Å². The summed E-state index contributed by atoms with van der Waals surface area (Å²) in [6.45, 7) is 4.05. The van der Waals surface area contributed by atoms with Crippen molar-refractivity contribution < 1.29 is 9.18 Å². The molecule has 1 unspecified atom stereocenters. The van der Waals surface area contributed by atoms with E-state index in [1.807, 2.05) is 29.8 Å². The number of benzene rings is 1. The zero-order valence-corrected chi connectivity index (χ0v) is 14.6. The molecule has 3 aromatic rings. The summed E-state index contributed by atoms with van der Waals surface area (Å²) in [5.74, 6) is 1.30. The van der Waals surface area contributed by atoms with E-state index in [4.69, 9.17) is 0 Å². The lowest BCUT2D eigenvalue weighted by atomic mass is 10.1. The standard InChI is InChI=1S/C19H20FN5O/c1-13(16-4-3-5-17(20)10-16)24-19(26)23-12-15-6-7-18(22-11-15)25-9-8-21-14(25)2/h3-11,13H,12H2,1-2H3,(H2,23,24,26). The summed E-state index contributed by atoms with van der Waals surface area (Å²) in [7, 11) is 0. The fraction of sp³-hybridized carbons (Fsp3) is 0.211. The van der Waals surface area contributed by atoms with Gasteiger partial charge in [0, 0.05) is 25.1 Å². The van der Waals surface area contributed by atoms with Crippen LogP contribution in [-0.4, -0.2) is 20.6 Å². The van der Waals surface area contributed by atoms with Crippen molar-refractivity contribution in [3.8, 4) is 5.82 Å². The minimum atomic E-state index is -0.323. The number of aryl methyl sites for hydroxylation is 1. The van der Waals surface area contributed by atoms with E-state index in [1.165, 1.54) is 12.1 Å². The molecule has 0 fully saturated rings.